The van der Waals surface area contributed by atoms with E-state index in [1.54, 1.807) is 0 Å². The van der Waals surface area contributed by atoms with Gasteiger partial charge in [0.15, 0.2) is 5.54 Å². The van der Waals surface area contributed by atoms with Crippen LogP contribution in [0.1, 0.15) is 13.3 Å². The van der Waals surface area contributed by atoms with Gasteiger partial charge in [-0.05, 0) is 0 Å². The van der Waals surface area contributed by atoms with Gasteiger partial charge in [0.25, 0.3) is 10.0 Å². The number of hydrogen-bond donors (Lipinski definition) is 3. The molecule has 0 saturated carbocycles. The topological polar surface area (TPSA) is 148 Å². The first kappa shape index (κ1) is 15.8. The first-order valence-corrected chi connectivity index (χ1v) is 8.01. The quantitative estimate of drug-likeness (QED) is 0.581. The molecule has 1 amide bonds. The summed E-state index contributed by atoms with van der Waals surface area (Å²) < 4.78 is 31.0. The lowest BCUT2D eigenvalue weighted by Crippen LogP contribution is -2.54. The molecule has 3 N–H and O–H groups in total. The smallest absolute Gasteiger partial charge is 0.327 e. The fourth-order valence-corrected chi connectivity index (χ4v) is 4.00. The van der Waals surface area contributed by atoms with Gasteiger partial charge in [0.05, 0.1) is 6.61 Å². The van der Waals surface area contributed by atoms with Gasteiger partial charge in [-0.3, -0.25) is 9.59 Å². The molecule has 0 aliphatic carbocycles. The van der Waals surface area contributed by atoms with Crippen LogP contribution in [0.2, 0.25) is 0 Å². The minimum atomic E-state index is -4.18. The molecule has 1 aromatic rings. The minimum Gasteiger partial charge on any atom is -0.480 e. The Morgan fingerprint density at radius 3 is 2.67 bits per heavy atom. The van der Waals surface area contributed by atoms with Crippen LogP contribution in [-0.2, 0) is 24.3 Å². The number of nitrogens with one attached hydrogen (secondary N) is 2. The molecule has 1 unspecified atom stereocenters. The Morgan fingerprint density at radius 1 is 1.43 bits per heavy atom. The van der Waals surface area contributed by atoms with Crippen molar-refractivity contribution in [3.8, 4) is 0 Å². The van der Waals surface area contributed by atoms with Gasteiger partial charge in [-0.25, -0.2) is 8.42 Å². The van der Waals surface area contributed by atoms with Crippen molar-refractivity contribution in [3.63, 3.8) is 0 Å². The lowest BCUT2D eigenvalue weighted by molar-refractivity contribution is -0.144. The third kappa shape index (κ3) is 3.34. The zero-order chi connectivity index (χ0) is 15.7. The van der Waals surface area contributed by atoms with E-state index in [0.29, 0.717) is 11.3 Å². The third-order valence-electron chi connectivity index (χ3n) is 2.68. The van der Waals surface area contributed by atoms with E-state index in [2.05, 4.69) is 20.2 Å². The van der Waals surface area contributed by atoms with Gasteiger partial charge in [0, 0.05) is 20.0 Å². The number of carbonyl (C=O) groups is 2. The monoisotopic (exact) mass is 336 g/mol. The van der Waals surface area contributed by atoms with Crippen molar-refractivity contribution in [2.75, 3.05) is 18.5 Å². The van der Waals surface area contributed by atoms with Crippen LogP contribution in [0.15, 0.2) is 4.34 Å². The Bertz CT molecular complexity index is 664. The molecular formula is C9H12N4O6S2. The highest BCUT2D eigenvalue weighted by molar-refractivity contribution is 7.91. The first-order chi connectivity index (χ1) is 9.75. The molecule has 0 radical (unpaired) electrons. The van der Waals surface area contributed by atoms with Crippen molar-refractivity contribution in [2.24, 2.45) is 0 Å². The molecule has 0 spiro atoms. The summed E-state index contributed by atoms with van der Waals surface area (Å²) >= 11 is 0.624. The second-order valence-electron chi connectivity index (χ2n) is 4.35. The number of aromatic nitrogens is 2. The van der Waals surface area contributed by atoms with E-state index in [4.69, 9.17) is 4.74 Å². The van der Waals surface area contributed by atoms with Crippen molar-refractivity contribution in [3.05, 3.63) is 0 Å². The van der Waals surface area contributed by atoms with E-state index in [0.717, 1.165) is 0 Å². The van der Waals surface area contributed by atoms with Crippen LogP contribution in [0.4, 0.5) is 5.13 Å². The number of sulfonamides is 1. The fourth-order valence-electron chi connectivity index (χ4n) is 1.68. The summed E-state index contributed by atoms with van der Waals surface area (Å²) in [4.78, 5) is 22.1. The molecule has 21 heavy (non-hydrogen) atoms. The highest BCUT2D eigenvalue weighted by atomic mass is 32.2. The molecule has 12 heteroatoms. The van der Waals surface area contributed by atoms with Crippen molar-refractivity contribution in [1.82, 2.24) is 14.9 Å². The van der Waals surface area contributed by atoms with Crippen molar-refractivity contribution in [1.29, 1.82) is 0 Å². The van der Waals surface area contributed by atoms with Crippen molar-refractivity contribution >= 4 is 38.4 Å². The molecule has 1 aliphatic rings. The number of amides is 1. The molecule has 10 nitrogen and oxygen atoms in total. The molecule has 1 saturated heterocycles. The third-order valence-corrected chi connectivity index (χ3v) is 5.42. The van der Waals surface area contributed by atoms with Crippen LogP contribution in [0.25, 0.3) is 0 Å². The highest BCUT2D eigenvalue weighted by Crippen LogP contribution is 2.25. The predicted molar refractivity (Wildman–Crippen MR) is 70.3 cm³/mol. The standard InChI is InChI=1S/C9H12N4O6S2/c1-5(14)10-7-11-12-8(20-7)21(17,18)13-9(6(15)16)2-3-19-4-9/h13H,2-4H2,1H3,(H,15,16)(H,10,11,14). The summed E-state index contributed by atoms with van der Waals surface area (Å²) in [6, 6.07) is 0. The molecule has 116 valence electrons. The van der Waals surface area contributed by atoms with Crippen molar-refractivity contribution < 1.29 is 27.9 Å². The van der Waals surface area contributed by atoms with Gasteiger partial charge >= 0.3 is 5.97 Å². The highest BCUT2D eigenvalue weighted by Gasteiger charge is 2.46. The summed E-state index contributed by atoms with van der Waals surface area (Å²) in [7, 11) is -4.18. The number of carboxylic acids is 1. The van der Waals surface area contributed by atoms with Gasteiger partial charge in [-0.2, -0.15) is 4.72 Å². The summed E-state index contributed by atoms with van der Waals surface area (Å²) in [5.41, 5.74) is -1.71. The van der Waals surface area contributed by atoms with Gasteiger partial charge in [0.2, 0.25) is 15.4 Å². The number of hydrogen-bond acceptors (Lipinski definition) is 8. The number of carboxylic acid groups (broad SMARTS) is 1. The number of nitrogens with zero attached hydrogens (tertiary/aromatic N) is 2. The van der Waals surface area contributed by atoms with E-state index >= 15 is 0 Å². The summed E-state index contributed by atoms with van der Waals surface area (Å²) in [6.45, 7) is 1.12. The Kier molecular flexibility index (Phi) is 4.22. The second-order valence-corrected chi connectivity index (χ2v) is 7.18. The van der Waals surface area contributed by atoms with Crippen molar-refractivity contribution in [2.45, 2.75) is 23.2 Å². The lowest BCUT2D eigenvalue weighted by Gasteiger charge is -2.22. The van der Waals surface area contributed by atoms with Crippen LogP contribution >= 0.6 is 11.3 Å². The average Bonchev–Trinajstić information content (AvgIpc) is 2.98. The molecule has 2 rings (SSSR count). The zero-order valence-corrected chi connectivity index (χ0v) is 12.5. The van der Waals surface area contributed by atoms with Gasteiger partial charge in [-0.15, -0.1) is 10.2 Å². The molecule has 0 aromatic carbocycles. The number of carbonyl (C=O) groups excluding carboxylic acids is 1. The molecule has 1 aliphatic heterocycles. The molecule has 2 heterocycles. The summed E-state index contributed by atoms with van der Waals surface area (Å²) in [5.74, 6) is -1.75. The average molecular weight is 336 g/mol. The molecular weight excluding hydrogens is 324 g/mol. The Morgan fingerprint density at radius 2 is 2.14 bits per heavy atom. The summed E-state index contributed by atoms with van der Waals surface area (Å²) in [5, 5.41) is 18.5. The van der Waals surface area contributed by atoms with Crippen LogP contribution in [0.3, 0.4) is 0 Å². The normalized spacial score (nSPS) is 22.1. The zero-order valence-electron chi connectivity index (χ0n) is 10.8. The fraction of sp³-hybridized carbons (Fsp3) is 0.556. The van der Waals surface area contributed by atoms with Crippen LogP contribution in [0.5, 0.6) is 0 Å². The van der Waals surface area contributed by atoms with Crippen LogP contribution in [-0.4, -0.2) is 54.4 Å². The van der Waals surface area contributed by atoms with Gasteiger partial charge in [0.1, 0.15) is 0 Å². The first-order valence-electron chi connectivity index (χ1n) is 5.71. The minimum absolute atomic E-state index is 0.00919. The number of ether oxygens (including phenoxy) is 1. The lowest BCUT2D eigenvalue weighted by atomic mass is 10.0. The van der Waals surface area contributed by atoms with E-state index in [9.17, 15) is 23.1 Å². The Hall–Kier alpha value is -1.63. The van der Waals surface area contributed by atoms with E-state index in [-0.39, 0.29) is 24.8 Å². The number of rotatable bonds is 5. The molecule has 1 atom stereocenters. The molecule has 1 fully saturated rings. The SMILES string of the molecule is CC(=O)Nc1nnc(S(=O)(=O)NC2(C(=O)O)CCOC2)s1. The second kappa shape index (κ2) is 5.63. The van der Waals surface area contributed by atoms with Gasteiger partial charge < -0.3 is 15.2 Å². The molecule has 0 bridgehead atoms. The van der Waals surface area contributed by atoms with E-state index < -0.39 is 31.8 Å². The predicted octanol–water partition coefficient (Wildman–Crippen LogP) is -0.982. The Balaban J connectivity index is 2.23. The number of aliphatic carboxylic acids is 1. The summed E-state index contributed by atoms with van der Waals surface area (Å²) in [6.07, 6.45) is 0.0128. The van der Waals surface area contributed by atoms with E-state index in [1.165, 1.54) is 6.92 Å². The van der Waals surface area contributed by atoms with E-state index in [1.807, 2.05) is 0 Å². The van der Waals surface area contributed by atoms with Crippen LogP contribution < -0.4 is 10.0 Å². The maximum absolute atomic E-state index is 12.2. The largest absolute Gasteiger partial charge is 0.480 e. The maximum Gasteiger partial charge on any atom is 0.327 e. The number of anilines is 1. The van der Waals surface area contributed by atoms with Crippen LogP contribution in [0, 0.1) is 0 Å². The maximum atomic E-state index is 12.2. The van der Waals surface area contributed by atoms with Gasteiger partial charge in [-0.1, -0.05) is 11.3 Å². The Labute approximate surface area is 123 Å². The molecule has 1 aromatic heterocycles.